The fourth-order valence-corrected chi connectivity index (χ4v) is 0.288. The average molecular weight is 200 g/mol. The molecule has 0 atom stereocenters. The van der Waals surface area contributed by atoms with E-state index in [2.05, 4.69) is 0 Å². The predicted molar refractivity (Wildman–Crippen MR) is 68.6 cm³/mol. The molecule has 0 unspecified atom stereocenters. The fraction of sp³-hybridized carbons (Fsp3) is 1.00. The highest BCUT2D eigenvalue weighted by Crippen LogP contribution is 1.83. The summed E-state index contributed by atoms with van der Waals surface area (Å²) in [7, 11) is 0. The van der Waals surface area contributed by atoms with Gasteiger partial charge >= 0.3 is 0 Å². The molecule has 0 saturated carbocycles. The van der Waals surface area contributed by atoms with Crippen molar-refractivity contribution in [3.8, 4) is 0 Å². The van der Waals surface area contributed by atoms with Gasteiger partial charge in [0.15, 0.2) is 0 Å². The summed E-state index contributed by atoms with van der Waals surface area (Å²) in [6, 6.07) is 0. The van der Waals surface area contributed by atoms with Crippen LogP contribution in [0.15, 0.2) is 0 Å². The van der Waals surface area contributed by atoms with Gasteiger partial charge in [0.1, 0.15) is 0 Å². The second-order valence-corrected chi connectivity index (χ2v) is 1.64. The Bertz CT molecular complexity index is 37.1. The minimum Gasteiger partial charge on any atom is -0.394 e. The normalized spacial score (nSPS) is 5.54. The average Bonchev–Trinajstić information content (AvgIpc) is 1.61. The molecule has 2 nitrogen and oxygen atoms in total. The van der Waals surface area contributed by atoms with Crippen molar-refractivity contribution in [2.75, 3.05) is 13.2 Å². The maximum atomic E-state index is 8.19. The second-order valence-electron chi connectivity index (χ2n) is 1.64. The van der Waals surface area contributed by atoms with Gasteiger partial charge in [-0.2, -0.15) is 0 Å². The molecule has 0 amide bonds. The molecule has 13 heavy (non-hydrogen) atoms. The Labute approximate surface area is 88.3 Å². The molecule has 2 heteroatoms. The molecule has 0 spiro atoms. The Morgan fingerprint density at radius 1 is 0.923 bits per heavy atom. The van der Waals surface area contributed by atoms with Crippen LogP contribution in [0.2, 0.25) is 0 Å². The first-order valence-electron chi connectivity index (χ1n) is 2.50. The Kier molecular flexibility index (Phi) is 163. The summed E-state index contributed by atoms with van der Waals surface area (Å²) in [6.45, 7) is 4.46. The van der Waals surface area contributed by atoms with Crippen molar-refractivity contribution in [3.05, 3.63) is 0 Å². The summed E-state index contributed by atoms with van der Waals surface area (Å²) in [4.78, 5) is 0. The zero-order valence-electron chi connectivity index (χ0n) is 4.85. The highest BCUT2D eigenvalue weighted by atomic mass is 16.5. The standard InChI is InChI=1S/C5H12O2.6CH4/c1-5(2)7-4-3-6;;;;;;/h5-6H,3-4H2,1-2H3;6*1H4. The van der Waals surface area contributed by atoms with E-state index < -0.39 is 0 Å². The molecular formula is C11H36O2. The number of aliphatic hydroxyl groups is 1. The third kappa shape index (κ3) is 76.3. The second kappa shape index (κ2) is 40.6. The number of rotatable bonds is 3. The van der Waals surface area contributed by atoms with E-state index in [0.29, 0.717) is 6.61 Å². The van der Waals surface area contributed by atoms with Gasteiger partial charge in [-0.1, -0.05) is 44.6 Å². The van der Waals surface area contributed by atoms with Crippen molar-refractivity contribution in [2.45, 2.75) is 64.5 Å². The first-order chi connectivity index (χ1) is 3.27. The van der Waals surface area contributed by atoms with Crippen LogP contribution in [-0.2, 0) is 4.74 Å². The van der Waals surface area contributed by atoms with E-state index in [1.54, 1.807) is 0 Å². The van der Waals surface area contributed by atoms with Crippen LogP contribution in [-0.4, -0.2) is 24.4 Å². The Morgan fingerprint density at radius 2 is 1.23 bits per heavy atom. The third-order valence-electron chi connectivity index (χ3n) is 0.542. The topological polar surface area (TPSA) is 29.5 Å². The van der Waals surface area contributed by atoms with E-state index >= 15 is 0 Å². The van der Waals surface area contributed by atoms with Crippen molar-refractivity contribution < 1.29 is 9.84 Å². The molecule has 0 aromatic rings. The SMILES string of the molecule is C.C.C.C.C.C.CC(C)OCCO. The lowest BCUT2D eigenvalue weighted by Crippen LogP contribution is -2.06. The van der Waals surface area contributed by atoms with Gasteiger partial charge in [0.2, 0.25) is 0 Å². The molecule has 0 fully saturated rings. The quantitative estimate of drug-likeness (QED) is 0.739. The Morgan fingerprint density at radius 3 is 1.31 bits per heavy atom. The monoisotopic (exact) mass is 200 g/mol. The van der Waals surface area contributed by atoms with Crippen LogP contribution in [0.3, 0.4) is 0 Å². The van der Waals surface area contributed by atoms with Gasteiger partial charge in [-0.05, 0) is 13.8 Å². The van der Waals surface area contributed by atoms with Crippen LogP contribution in [0.5, 0.6) is 0 Å². The fourth-order valence-electron chi connectivity index (χ4n) is 0.288. The van der Waals surface area contributed by atoms with Crippen LogP contribution >= 0.6 is 0 Å². The summed E-state index contributed by atoms with van der Waals surface area (Å²) >= 11 is 0. The van der Waals surface area contributed by atoms with Gasteiger partial charge in [-0.25, -0.2) is 0 Å². The number of ether oxygens (including phenoxy) is 1. The molecule has 0 aromatic carbocycles. The van der Waals surface area contributed by atoms with Gasteiger partial charge in [-0.3, -0.25) is 0 Å². The minimum atomic E-state index is 0. The van der Waals surface area contributed by atoms with E-state index in [4.69, 9.17) is 9.84 Å². The lowest BCUT2D eigenvalue weighted by Gasteiger charge is -2.02. The molecular weight excluding hydrogens is 164 g/mol. The summed E-state index contributed by atoms with van der Waals surface area (Å²) in [5.74, 6) is 0. The molecule has 0 bridgehead atoms. The van der Waals surface area contributed by atoms with Crippen molar-refractivity contribution >= 4 is 0 Å². The lowest BCUT2D eigenvalue weighted by atomic mass is 10.5. The van der Waals surface area contributed by atoms with Gasteiger partial charge < -0.3 is 9.84 Å². The van der Waals surface area contributed by atoms with E-state index in [1.165, 1.54) is 0 Å². The number of hydrogen-bond donors (Lipinski definition) is 1. The molecule has 0 rings (SSSR count). The first kappa shape index (κ1) is 52.4. The zero-order chi connectivity index (χ0) is 5.70. The molecule has 1 N–H and O–H groups in total. The molecule has 0 aromatic heterocycles. The van der Waals surface area contributed by atoms with Crippen molar-refractivity contribution in [1.29, 1.82) is 0 Å². The maximum Gasteiger partial charge on any atom is 0.0701 e. The number of hydrogen-bond acceptors (Lipinski definition) is 2. The summed E-state index contributed by atoms with van der Waals surface area (Å²) in [6.07, 6.45) is 0.243. The van der Waals surface area contributed by atoms with Crippen LogP contribution < -0.4 is 0 Å². The maximum absolute atomic E-state index is 8.19. The van der Waals surface area contributed by atoms with E-state index in [9.17, 15) is 0 Å². The summed E-state index contributed by atoms with van der Waals surface area (Å²) in [5.41, 5.74) is 0. The zero-order valence-corrected chi connectivity index (χ0v) is 4.85. The Balaban J connectivity index is -0.0000000120. The summed E-state index contributed by atoms with van der Waals surface area (Å²) < 4.78 is 4.94. The largest absolute Gasteiger partial charge is 0.394 e. The van der Waals surface area contributed by atoms with E-state index in [0.717, 1.165) is 0 Å². The Hall–Kier alpha value is -0.0800. The highest BCUT2D eigenvalue weighted by molar-refractivity contribution is 4.33. The highest BCUT2D eigenvalue weighted by Gasteiger charge is 1.87. The van der Waals surface area contributed by atoms with E-state index in [-0.39, 0.29) is 57.3 Å². The van der Waals surface area contributed by atoms with Crippen LogP contribution in [0.4, 0.5) is 0 Å². The van der Waals surface area contributed by atoms with Crippen LogP contribution in [0.25, 0.3) is 0 Å². The molecule has 92 valence electrons. The number of aliphatic hydroxyl groups excluding tert-OH is 1. The lowest BCUT2D eigenvalue weighted by molar-refractivity contribution is 0.0494. The first-order valence-corrected chi connectivity index (χ1v) is 2.50. The van der Waals surface area contributed by atoms with Crippen LogP contribution in [0.1, 0.15) is 58.4 Å². The molecule has 0 saturated heterocycles. The van der Waals surface area contributed by atoms with Crippen molar-refractivity contribution in [3.63, 3.8) is 0 Å². The molecule has 0 heterocycles. The van der Waals surface area contributed by atoms with Crippen molar-refractivity contribution in [1.82, 2.24) is 0 Å². The molecule has 0 aliphatic carbocycles. The molecule has 0 aliphatic heterocycles. The minimum absolute atomic E-state index is 0. The molecule has 0 radical (unpaired) electrons. The van der Waals surface area contributed by atoms with Crippen LogP contribution in [0, 0.1) is 0 Å². The van der Waals surface area contributed by atoms with E-state index in [1.807, 2.05) is 13.8 Å². The van der Waals surface area contributed by atoms with Gasteiger partial charge in [0.05, 0.1) is 19.3 Å². The van der Waals surface area contributed by atoms with Crippen molar-refractivity contribution in [2.24, 2.45) is 0 Å². The van der Waals surface area contributed by atoms with Gasteiger partial charge in [0, 0.05) is 0 Å². The van der Waals surface area contributed by atoms with Gasteiger partial charge in [-0.15, -0.1) is 0 Å². The predicted octanol–water partition coefficient (Wildman–Crippen LogP) is 4.22. The smallest absolute Gasteiger partial charge is 0.0701 e. The summed E-state index contributed by atoms with van der Waals surface area (Å²) in [5, 5.41) is 8.19. The van der Waals surface area contributed by atoms with Gasteiger partial charge in [0.25, 0.3) is 0 Å². The molecule has 0 aliphatic rings. The third-order valence-corrected chi connectivity index (χ3v) is 0.542.